The Bertz CT molecular complexity index is 546. The molecule has 2 aromatic rings. The van der Waals surface area contributed by atoms with Crippen LogP contribution in [0, 0.1) is 13.8 Å². The zero-order chi connectivity index (χ0) is 13.3. The number of halogens is 1. The van der Waals surface area contributed by atoms with Gasteiger partial charge in [-0.1, -0.05) is 18.5 Å². The van der Waals surface area contributed by atoms with Crippen molar-refractivity contribution in [3.05, 3.63) is 32.5 Å². The predicted molar refractivity (Wildman–Crippen MR) is 75.1 cm³/mol. The fraction of sp³-hybridized carbons (Fsp3) is 0.500. The van der Waals surface area contributed by atoms with Crippen LogP contribution in [0.15, 0.2) is 6.20 Å². The average molecular weight is 285 g/mol. The van der Waals surface area contributed by atoms with E-state index >= 15 is 0 Å². The molecular formula is C12H17ClN4S. The highest BCUT2D eigenvalue weighted by atomic mass is 35.5. The Kier molecular flexibility index (Phi) is 4.04. The summed E-state index contributed by atoms with van der Waals surface area (Å²) in [6.45, 7) is 6.89. The minimum atomic E-state index is -0.252. The summed E-state index contributed by atoms with van der Waals surface area (Å²) in [5, 5.41) is 5.93. The molecule has 2 rings (SSSR count). The van der Waals surface area contributed by atoms with E-state index in [0.717, 1.165) is 34.2 Å². The molecule has 0 aliphatic carbocycles. The number of rotatable bonds is 4. The van der Waals surface area contributed by atoms with Crippen molar-refractivity contribution in [1.29, 1.82) is 0 Å². The lowest BCUT2D eigenvalue weighted by Gasteiger charge is -2.13. The molecule has 0 spiro atoms. The normalized spacial score (nSPS) is 12.9. The molecule has 0 aliphatic rings. The standard InChI is InChI=1S/C12H17ClN4S/c1-4-5-17-11(9(13)6-15-17)10(14)12-7(2)16-8(3)18-12/h6,10H,4-5,14H2,1-3H3. The number of thiazole rings is 1. The van der Waals surface area contributed by atoms with Gasteiger partial charge in [0.05, 0.1) is 38.5 Å². The quantitative estimate of drug-likeness (QED) is 0.939. The highest BCUT2D eigenvalue weighted by Crippen LogP contribution is 2.31. The van der Waals surface area contributed by atoms with Crippen molar-refractivity contribution in [1.82, 2.24) is 14.8 Å². The molecule has 2 aromatic heterocycles. The van der Waals surface area contributed by atoms with Crippen LogP contribution >= 0.6 is 22.9 Å². The van der Waals surface area contributed by atoms with E-state index in [-0.39, 0.29) is 6.04 Å². The van der Waals surface area contributed by atoms with Crippen molar-refractivity contribution < 1.29 is 0 Å². The van der Waals surface area contributed by atoms with E-state index in [0.29, 0.717) is 5.02 Å². The fourth-order valence-electron chi connectivity index (χ4n) is 2.03. The molecule has 2 heterocycles. The third-order valence-corrected chi connectivity index (χ3v) is 4.23. The number of hydrogen-bond acceptors (Lipinski definition) is 4. The van der Waals surface area contributed by atoms with Gasteiger partial charge in [-0.25, -0.2) is 4.98 Å². The molecule has 6 heteroatoms. The van der Waals surface area contributed by atoms with E-state index in [1.54, 1.807) is 17.5 Å². The summed E-state index contributed by atoms with van der Waals surface area (Å²) in [4.78, 5) is 5.48. The maximum atomic E-state index is 6.33. The Balaban J connectivity index is 2.42. The van der Waals surface area contributed by atoms with Gasteiger partial charge in [0, 0.05) is 6.54 Å². The van der Waals surface area contributed by atoms with Gasteiger partial charge in [-0.05, 0) is 20.3 Å². The maximum Gasteiger partial charge on any atom is 0.0900 e. The van der Waals surface area contributed by atoms with E-state index < -0.39 is 0 Å². The van der Waals surface area contributed by atoms with Crippen molar-refractivity contribution in [3.63, 3.8) is 0 Å². The number of nitrogens with zero attached hydrogens (tertiary/aromatic N) is 3. The van der Waals surface area contributed by atoms with Crippen LogP contribution in [0.25, 0.3) is 0 Å². The molecule has 4 nitrogen and oxygen atoms in total. The first-order valence-corrected chi connectivity index (χ1v) is 7.14. The van der Waals surface area contributed by atoms with Gasteiger partial charge in [-0.15, -0.1) is 11.3 Å². The van der Waals surface area contributed by atoms with Gasteiger partial charge in [-0.3, -0.25) is 4.68 Å². The Morgan fingerprint density at radius 3 is 2.78 bits per heavy atom. The summed E-state index contributed by atoms with van der Waals surface area (Å²) in [5.74, 6) is 0. The minimum absolute atomic E-state index is 0.252. The number of hydrogen-bond donors (Lipinski definition) is 1. The zero-order valence-corrected chi connectivity index (χ0v) is 12.3. The smallest absolute Gasteiger partial charge is 0.0900 e. The lowest BCUT2D eigenvalue weighted by molar-refractivity contribution is 0.561. The molecular weight excluding hydrogens is 268 g/mol. The van der Waals surface area contributed by atoms with Crippen molar-refractivity contribution in [2.24, 2.45) is 5.73 Å². The molecule has 0 amide bonds. The molecule has 0 bridgehead atoms. The first-order chi connectivity index (χ1) is 8.54. The second kappa shape index (κ2) is 5.38. The van der Waals surface area contributed by atoms with E-state index in [1.807, 2.05) is 18.5 Å². The van der Waals surface area contributed by atoms with Gasteiger partial charge in [0.2, 0.25) is 0 Å². The predicted octanol–water partition coefficient (Wildman–Crippen LogP) is 3.07. The van der Waals surface area contributed by atoms with Gasteiger partial charge in [0.1, 0.15) is 0 Å². The van der Waals surface area contributed by atoms with Crippen LogP contribution in [-0.2, 0) is 6.54 Å². The maximum absolute atomic E-state index is 6.33. The zero-order valence-electron chi connectivity index (χ0n) is 10.8. The minimum Gasteiger partial charge on any atom is -0.318 e. The average Bonchev–Trinajstić information content (AvgIpc) is 2.82. The van der Waals surface area contributed by atoms with Crippen LogP contribution in [-0.4, -0.2) is 14.8 Å². The van der Waals surface area contributed by atoms with Gasteiger partial charge >= 0.3 is 0 Å². The molecule has 0 fully saturated rings. The molecule has 0 saturated heterocycles. The van der Waals surface area contributed by atoms with Crippen LogP contribution in [0.1, 0.15) is 40.7 Å². The second-order valence-corrected chi connectivity index (χ2v) is 5.90. The number of aromatic nitrogens is 3. The Labute approximate surface area is 116 Å². The van der Waals surface area contributed by atoms with Crippen molar-refractivity contribution >= 4 is 22.9 Å². The summed E-state index contributed by atoms with van der Waals surface area (Å²) in [6, 6.07) is -0.252. The molecule has 0 aromatic carbocycles. The monoisotopic (exact) mass is 284 g/mol. The highest BCUT2D eigenvalue weighted by Gasteiger charge is 2.22. The van der Waals surface area contributed by atoms with Crippen LogP contribution in [0.4, 0.5) is 0 Å². The largest absolute Gasteiger partial charge is 0.318 e. The Morgan fingerprint density at radius 1 is 1.50 bits per heavy atom. The van der Waals surface area contributed by atoms with Gasteiger partial charge in [0.25, 0.3) is 0 Å². The van der Waals surface area contributed by atoms with Gasteiger partial charge in [-0.2, -0.15) is 5.10 Å². The lowest BCUT2D eigenvalue weighted by atomic mass is 10.1. The first-order valence-electron chi connectivity index (χ1n) is 5.95. The summed E-state index contributed by atoms with van der Waals surface area (Å²) >= 11 is 7.83. The lowest BCUT2D eigenvalue weighted by Crippen LogP contribution is -2.18. The van der Waals surface area contributed by atoms with Gasteiger partial charge < -0.3 is 5.73 Å². The molecule has 1 unspecified atom stereocenters. The third kappa shape index (κ3) is 2.43. The van der Waals surface area contributed by atoms with E-state index in [4.69, 9.17) is 17.3 Å². The van der Waals surface area contributed by atoms with Crippen LogP contribution in [0.2, 0.25) is 5.02 Å². The molecule has 0 aliphatic heterocycles. The Hall–Kier alpha value is -0.910. The van der Waals surface area contributed by atoms with Crippen molar-refractivity contribution in [3.8, 4) is 0 Å². The molecule has 1 atom stereocenters. The Morgan fingerprint density at radius 2 is 2.22 bits per heavy atom. The highest BCUT2D eigenvalue weighted by molar-refractivity contribution is 7.11. The van der Waals surface area contributed by atoms with E-state index in [2.05, 4.69) is 17.0 Å². The van der Waals surface area contributed by atoms with Crippen LogP contribution in [0.3, 0.4) is 0 Å². The summed E-state index contributed by atoms with van der Waals surface area (Å²) in [6.07, 6.45) is 2.66. The summed E-state index contributed by atoms with van der Waals surface area (Å²) in [5.41, 5.74) is 8.19. The number of aryl methyl sites for hydroxylation is 3. The van der Waals surface area contributed by atoms with Crippen LogP contribution < -0.4 is 5.73 Å². The second-order valence-electron chi connectivity index (χ2n) is 4.26. The van der Waals surface area contributed by atoms with Gasteiger partial charge in [0.15, 0.2) is 0 Å². The summed E-state index contributed by atoms with van der Waals surface area (Å²) in [7, 11) is 0. The van der Waals surface area contributed by atoms with Crippen molar-refractivity contribution in [2.75, 3.05) is 0 Å². The summed E-state index contributed by atoms with van der Waals surface area (Å²) < 4.78 is 1.89. The fourth-order valence-corrected chi connectivity index (χ4v) is 3.22. The molecule has 0 saturated carbocycles. The first kappa shape index (κ1) is 13.5. The van der Waals surface area contributed by atoms with E-state index in [1.165, 1.54) is 0 Å². The number of nitrogens with two attached hydrogens (primary N) is 1. The third-order valence-electron chi connectivity index (χ3n) is 2.79. The van der Waals surface area contributed by atoms with Crippen LogP contribution in [0.5, 0.6) is 0 Å². The molecule has 98 valence electrons. The molecule has 18 heavy (non-hydrogen) atoms. The SMILES string of the molecule is CCCn1ncc(Cl)c1C(N)c1sc(C)nc1C. The molecule has 2 N–H and O–H groups in total. The topological polar surface area (TPSA) is 56.7 Å². The molecule has 0 radical (unpaired) electrons. The van der Waals surface area contributed by atoms with Crippen molar-refractivity contribution in [2.45, 2.75) is 39.8 Å². The van der Waals surface area contributed by atoms with E-state index in [9.17, 15) is 0 Å².